The maximum absolute atomic E-state index is 5.97. The molecule has 0 saturated heterocycles. The van der Waals surface area contributed by atoms with Gasteiger partial charge in [-0.1, -0.05) is 49.4 Å². The highest BCUT2D eigenvalue weighted by molar-refractivity contribution is 5.66. The van der Waals surface area contributed by atoms with E-state index in [9.17, 15) is 0 Å². The summed E-state index contributed by atoms with van der Waals surface area (Å²) in [7, 11) is 0. The number of nitrogens with zero attached hydrogens (tertiary/aromatic N) is 2. The van der Waals surface area contributed by atoms with E-state index in [1.54, 1.807) is 0 Å². The first-order chi connectivity index (χ1) is 12.3. The van der Waals surface area contributed by atoms with Crippen LogP contribution in [0.2, 0.25) is 0 Å². The summed E-state index contributed by atoms with van der Waals surface area (Å²) in [5, 5.41) is 7.82. The quantitative estimate of drug-likeness (QED) is 0.766. The number of aromatic amines is 1. The van der Waals surface area contributed by atoms with Crippen LogP contribution in [-0.4, -0.2) is 28.2 Å². The van der Waals surface area contributed by atoms with Gasteiger partial charge in [-0.2, -0.15) is 5.10 Å². The zero-order chi connectivity index (χ0) is 17.1. The molecule has 4 rings (SSSR count). The molecule has 0 unspecified atom stereocenters. The van der Waals surface area contributed by atoms with Crippen LogP contribution < -0.4 is 4.74 Å². The molecule has 1 aromatic heterocycles. The Morgan fingerprint density at radius 3 is 2.84 bits per heavy atom. The second-order valence-corrected chi connectivity index (χ2v) is 6.45. The van der Waals surface area contributed by atoms with Gasteiger partial charge in [0.1, 0.15) is 12.4 Å². The number of nitrogens with one attached hydrogen (secondary N) is 1. The number of hydrogen-bond acceptors (Lipinski definition) is 3. The van der Waals surface area contributed by atoms with Crippen molar-refractivity contribution in [3.63, 3.8) is 0 Å². The van der Waals surface area contributed by atoms with Crippen molar-refractivity contribution < 1.29 is 4.74 Å². The number of rotatable bonds is 5. The third-order valence-corrected chi connectivity index (χ3v) is 4.82. The van der Waals surface area contributed by atoms with E-state index in [1.807, 2.05) is 30.3 Å². The molecule has 0 bridgehead atoms. The highest BCUT2D eigenvalue weighted by atomic mass is 16.5. The average molecular weight is 333 g/mol. The lowest BCUT2D eigenvalue weighted by atomic mass is 10.0. The lowest BCUT2D eigenvalue weighted by molar-refractivity contribution is 0.267. The van der Waals surface area contributed by atoms with E-state index in [1.165, 1.54) is 16.8 Å². The van der Waals surface area contributed by atoms with Gasteiger partial charge in [0.25, 0.3) is 0 Å². The minimum atomic E-state index is 0.576. The molecule has 3 aromatic rings. The molecule has 0 aliphatic carbocycles. The van der Waals surface area contributed by atoms with Crippen LogP contribution in [0.3, 0.4) is 0 Å². The predicted molar refractivity (Wildman–Crippen MR) is 99.5 cm³/mol. The highest BCUT2D eigenvalue weighted by Gasteiger charge is 2.21. The fourth-order valence-electron chi connectivity index (χ4n) is 3.33. The van der Waals surface area contributed by atoms with Crippen LogP contribution in [0, 0.1) is 0 Å². The first-order valence-corrected chi connectivity index (χ1v) is 8.89. The lowest BCUT2D eigenvalue weighted by Crippen LogP contribution is -2.30. The summed E-state index contributed by atoms with van der Waals surface area (Å²) >= 11 is 0. The van der Waals surface area contributed by atoms with Crippen molar-refractivity contribution in [2.75, 3.05) is 13.1 Å². The summed E-state index contributed by atoms with van der Waals surface area (Å²) in [6.45, 7) is 5.93. The van der Waals surface area contributed by atoms with Gasteiger partial charge in [-0.05, 0) is 24.2 Å². The van der Waals surface area contributed by atoms with E-state index in [0.29, 0.717) is 6.61 Å². The van der Waals surface area contributed by atoms with Gasteiger partial charge in [-0.15, -0.1) is 0 Å². The molecule has 1 N–H and O–H groups in total. The average Bonchev–Trinajstić information content (AvgIpc) is 3.10. The molecule has 0 saturated carbocycles. The standard InChI is InChI=1S/C21H23N3O/c1-2-24-12-11-20-19(14-24)21(23-22-20)17-9-6-10-18(13-17)25-15-16-7-4-3-5-8-16/h3-10,13H,2,11-12,14-15H2,1H3,(H,22,23). The molecule has 0 amide bonds. The van der Waals surface area contributed by atoms with Crippen LogP contribution in [0.25, 0.3) is 11.3 Å². The van der Waals surface area contributed by atoms with Crippen LogP contribution in [0.1, 0.15) is 23.7 Å². The Morgan fingerprint density at radius 1 is 1.12 bits per heavy atom. The SMILES string of the molecule is CCN1CCc2[nH]nc(-c3cccc(OCc4ccccc4)c3)c2C1. The molecular weight excluding hydrogens is 310 g/mol. The van der Waals surface area contributed by atoms with Gasteiger partial charge in [-0.25, -0.2) is 0 Å². The molecule has 128 valence electrons. The van der Waals surface area contributed by atoms with Gasteiger partial charge < -0.3 is 4.74 Å². The topological polar surface area (TPSA) is 41.2 Å². The Hall–Kier alpha value is -2.59. The number of hydrogen-bond donors (Lipinski definition) is 1. The molecule has 0 fully saturated rings. The zero-order valence-electron chi connectivity index (χ0n) is 14.5. The van der Waals surface area contributed by atoms with E-state index in [4.69, 9.17) is 4.74 Å². The molecule has 0 radical (unpaired) electrons. The Kier molecular flexibility index (Phi) is 4.53. The second-order valence-electron chi connectivity index (χ2n) is 6.45. The minimum Gasteiger partial charge on any atom is -0.489 e. The van der Waals surface area contributed by atoms with Crippen molar-refractivity contribution in [2.45, 2.75) is 26.5 Å². The molecule has 2 heterocycles. The third-order valence-electron chi connectivity index (χ3n) is 4.82. The van der Waals surface area contributed by atoms with Gasteiger partial charge in [0.2, 0.25) is 0 Å². The highest BCUT2D eigenvalue weighted by Crippen LogP contribution is 2.30. The number of fused-ring (bicyclic) bond motifs is 1. The maximum atomic E-state index is 5.97. The van der Waals surface area contributed by atoms with Crippen molar-refractivity contribution in [1.82, 2.24) is 15.1 Å². The Balaban J connectivity index is 1.55. The maximum Gasteiger partial charge on any atom is 0.120 e. The molecule has 2 aromatic carbocycles. The summed E-state index contributed by atoms with van der Waals surface area (Å²) in [6.07, 6.45) is 1.04. The number of benzene rings is 2. The van der Waals surface area contributed by atoms with Gasteiger partial charge in [0.15, 0.2) is 0 Å². The molecule has 4 nitrogen and oxygen atoms in total. The van der Waals surface area contributed by atoms with E-state index in [0.717, 1.165) is 43.1 Å². The van der Waals surface area contributed by atoms with E-state index in [2.05, 4.69) is 46.3 Å². The van der Waals surface area contributed by atoms with Crippen molar-refractivity contribution in [3.05, 3.63) is 71.4 Å². The molecular formula is C21H23N3O. The minimum absolute atomic E-state index is 0.576. The smallest absolute Gasteiger partial charge is 0.120 e. The van der Waals surface area contributed by atoms with Crippen LogP contribution in [-0.2, 0) is 19.6 Å². The summed E-state index contributed by atoms with van der Waals surface area (Å²) in [4.78, 5) is 2.46. The molecule has 0 spiro atoms. The Bertz CT molecular complexity index is 841. The number of aromatic nitrogens is 2. The molecule has 4 heteroatoms. The van der Waals surface area contributed by atoms with E-state index >= 15 is 0 Å². The summed E-state index contributed by atoms with van der Waals surface area (Å²) in [5.41, 5.74) is 5.94. The molecule has 1 aliphatic heterocycles. The van der Waals surface area contributed by atoms with Crippen molar-refractivity contribution in [1.29, 1.82) is 0 Å². The van der Waals surface area contributed by atoms with Gasteiger partial charge in [0, 0.05) is 36.3 Å². The Labute approximate surface area is 148 Å². The number of ether oxygens (including phenoxy) is 1. The fourth-order valence-corrected chi connectivity index (χ4v) is 3.33. The molecule has 25 heavy (non-hydrogen) atoms. The van der Waals surface area contributed by atoms with Crippen LogP contribution >= 0.6 is 0 Å². The van der Waals surface area contributed by atoms with Crippen LogP contribution in [0.15, 0.2) is 54.6 Å². The van der Waals surface area contributed by atoms with Crippen LogP contribution in [0.4, 0.5) is 0 Å². The van der Waals surface area contributed by atoms with Gasteiger partial charge in [0.05, 0.1) is 5.69 Å². The van der Waals surface area contributed by atoms with Crippen molar-refractivity contribution >= 4 is 0 Å². The number of H-pyrrole nitrogens is 1. The second kappa shape index (κ2) is 7.11. The van der Waals surface area contributed by atoms with Crippen LogP contribution in [0.5, 0.6) is 5.75 Å². The number of likely N-dealkylation sites (N-methyl/N-ethyl adjacent to an activating group) is 1. The first-order valence-electron chi connectivity index (χ1n) is 8.89. The molecule has 1 aliphatic rings. The first kappa shape index (κ1) is 15.9. The Morgan fingerprint density at radius 2 is 2.00 bits per heavy atom. The van der Waals surface area contributed by atoms with Gasteiger partial charge in [-0.3, -0.25) is 10.00 Å². The van der Waals surface area contributed by atoms with E-state index in [-0.39, 0.29) is 0 Å². The van der Waals surface area contributed by atoms with Crippen molar-refractivity contribution in [2.24, 2.45) is 0 Å². The largest absolute Gasteiger partial charge is 0.489 e. The molecule has 0 atom stereocenters. The lowest BCUT2D eigenvalue weighted by Gasteiger charge is -2.25. The van der Waals surface area contributed by atoms with Crippen molar-refractivity contribution in [3.8, 4) is 17.0 Å². The summed E-state index contributed by atoms with van der Waals surface area (Å²) in [6, 6.07) is 18.5. The monoisotopic (exact) mass is 333 g/mol. The third kappa shape index (κ3) is 3.44. The summed E-state index contributed by atoms with van der Waals surface area (Å²) < 4.78 is 5.97. The normalized spacial score (nSPS) is 14.3. The zero-order valence-corrected chi connectivity index (χ0v) is 14.5. The van der Waals surface area contributed by atoms with Gasteiger partial charge >= 0.3 is 0 Å². The fraction of sp³-hybridized carbons (Fsp3) is 0.286. The predicted octanol–water partition coefficient (Wildman–Crippen LogP) is 4.03. The van der Waals surface area contributed by atoms with E-state index < -0.39 is 0 Å². The summed E-state index contributed by atoms with van der Waals surface area (Å²) in [5.74, 6) is 0.876.